The van der Waals surface area contributed by atoms with Crippen molar-refractivity contribution in [3.63, 3.8) is 0 Å². The van der Waals surface area contributed by atoms with E-state index in [9.17, 15) is 9.18 Å². The molecule has 0 unspecified atom stereocenters. The van der Waals surface area contributed by atoms with Crippen LogP contribution in [0.2, 0.25) is 5.02 Å². The van der Waals surface area contributed by atoms with Crippen LogP contribution in [0.3, 0.4) is 0 Å². The number of amides is 1. The third kappa shape index (κ3) is 3.66. The van der Waals surface area contributed by atoms with Crippen LogP contribution >= 0.6 is 11.6 Å². The van der Waals surface area contributed by atoms with Crippen LogP contribution in [-0.2, 0) is 6.61 Å². The molecule has 1 saturated heterocycles. The highest BCUT2D eigenvalue weighted by Crippen LogP contribution is 2.34. The van der Waals surface area contributed by atoms with Gasteiger partial charge >= 0.3 is 0 Å². The number of halogens is 2. The summed E-state index contributed by atoms with van der Waals surface area (Å²) in [5.74, 6) is -0.0599. The number of ether oxygens (including phenoxy) is 1. The van der Waals surface area contributed by atoms with Crippen molar-refractivity contribution in [2.75, 3.05) is 6.54 Å². The lowest BCUT2D eigenvalue weighted by Crippen LogP contribution is -2.45. The van der Waals surface area contributed by atoms with Gasteiger partial charge in [0.15, 0.2) is 12.3 Å². The number of likely N-dealkylation sites (tertiary alicyclic amines) is 1. The van der Waals surface area contributed by atoms with Crippen molar-refractivity contribution in [1.29, 1.82) is 0 Å². The Morgan fingerprint density at radius 3 is 2.81 bits per heavy atom. The lowest BCUT2D eigenvalue weighted by Gasteiger charge is -2.40. The predicted molar refractivity (Wildman–Crippen MR) is 97.1 cm³/mol. The SMILES string of the molecule is O=C(c1coc(COc2ccc(F)cc2Cl)n1)N1CC[C@@H]1c1ccccc1. The van der Waals surface area contributed by atoms with Crippen molar-refractivity contribution >= 4 is 17.5 Å². The summed E-state index contributed by atoms with van der Waals surface area (Å²) in [5, 5.41) is 0.157. The minimum absolute atomic E-state index is 0.0131. The average molecular weight is 387 g/mol. The van der Waals surface area contributed by atoms with Gasteiger partial charge in [0.25, 0.3) is 5.91 Å². The molecular formula is C20H16ClFN2O3. The van der Waals surface area contributed by atoms with Crippen molar-refractivity contribution in [1.82, 2.24) is 9.88 Å². The summed E-state index contributed by atoms with van der Waals surface area (Å²) in [5.41, 5.74) is 1.34. The summed E-state index contributed by atoms with van der Waals surface area (Å²) in [6.07, 6.45) is 2.25. The molecule has 27 heavy (non-hydrogen) atoms. The number of carbonyl (C=O) groups is 1. The Bertz CT molecular complexity index is 961. The zero-order valence-corrected chi connectivity index (χ0v) is 15.0. The Morgan fingerprint density at radius 1 is 1.30 bits per heavy atom. The van der Waals surface area contributed by atoms with E-state index in [1.54, 1.807) is 4.90 Å². The van der Waals surface area contributed by atoms with Crippen molar-refractivity contribution in [3.8, 4) is 5.75 Å². The van der Waals surface area contributed by atoms with Crippen LogP contribution < -0.4 is 4.74 Å². The van der Waals surface area contributed by atoms with Crippen molar-refractivity contribution in [3.05, 3.63) is 82.8 Å². The zero-order chi connectivity index (χ0) is 18.8. The highest BCUT2D eigenvalue weighted by molar-refractivity contribution is 6.32. The third-order valence-electron chi connectivity index (χ3n) is 4.48. The third-order valence-corrected chi connectivity index (χ3v) is 4.78. The summed E-state index contributed by atoms with van der Waals surface area (Å²) >= 11 is 5.92. The van der Waals surface area contributed by atoms with Crippen molar-refractivity contribution in [2.24, 2.45) is 0 Å². The number of benzene rings is 2. The number of hydrogen-bond donors (Lipinski definition) is 0. The van der Waals surface area contributed by atoms with Gasteiger partial charge in [0.2, 0.25) is 5.89 Å². The second kappa shape index (κ2) is 7.40. The Hall–Kier alpha value is -2.86. The number of carbonyl (C=O) groups excluding carboxylic acids is 1. The van der Waals surface area contributed by atoms with Crippen LogP contribution in [0.1, 0.15) is 34.4 Å². The van der Waals surface area contributed by atoms with Gasteiger partial charge < -0.3 is 14.1 Å². The van der Waals surface area contributed by atoms with Crippen LogP contribution in [0.25, 0.3) is 0 Å². The van der Waals surface area contributed by atoms with Gasteiger partial charge in [-0.2, -0.15) is 0 Å². The van der Waals surface area contributed by atoms with Crippen LogP contribution in [0.5, 0.6) is 5.75 Å². The van der Waals surface area contributed by atoms with Gasteiger partial charge in [0.1, 0.15) is 17.8 Å². The Labute approximate surface area is 160 Å². The van der Waals surface area contributed by atoms with Gasteiger partial charge in [-0.05, 0) is 30.2 Å². The molecule has 1 amide bonds. The fraction of sp³-hybridized carbons (Fsp3) is 0.200. The Balaban J connectivity index is 1.41. The molecule has 2 aromatic carbocycles. The van der Waals surface area contributed by atoms with E-state index in [4.69, 9.17) is 20.8 Å². The molecule has 1 atom stereocenters. The number of hydrogen-bond acceptors (Lipinski definition) is 4. The lowest BCUT2D eigenvalue weighted by molar-refractivity contribution is 0.0454. The molecule has 2 heterocycles. The lowest BCUT2D eigenvalue weighted by atomic mass is 9.94. The minimum Gasteiger partial charge on any atom is -0.482 e. The second-order valence-electron chi connectivity index (χ2n) is 6.20. The minimum atomic E-state index is -0.445. The average Bonchev–Trinajstić information content (AvgIpc) is 3.10. The van der Waals surface area contributed by atoms with Crippen LogP contribution in [-0.4, -0.2) is 22.3 Å². The van der Waals surface area contributed by atoms with Gasteiger partial charge in [-0.25, -0.2) is 9.37 Å². The maximum Gasteiger partial charge on any atom is 0.276 e. The van der Waals surface area contributed by atoms with Gasteiger partial charge in [-0.15, -0.1) is 0 Å². The molecule has 0 bridgehead atoms. The van der Waals surface area contributed by atoms with E-state index >= 15 is 0 Å². The van der Waals surface area contributed by atoms with Gasteiger partial charge in [0.05, 0.1) is 11.1 Å². The molecule has 1 aliphatic rings. The fourth-order valence-corrected chi connectivity index (χ4v) is 3.23. The largest absolute Gasteiger partial charge is 0.482 e. The van der Waals surface area contributed by atoms with Crippen LogP contribution in [0.15, 0.2) is 59.2 Å². The van der Waals surface area contributed by atoms with Gasteiger partial charge in [0, 0.05) is 6.54 Å². The Morgan fingerprint density at radius 2 is 2.11 bits per heavy atom. The van der Waals surface area contributed by atoms with E-state index in [0.717, 1.165) is 18.1 Å². The first-order valence-electron chi connectivity index (χ1n) is 8.50. The van der Waals surface area contributed by atoms with Crippen LogP contribution in [0, 0.1) is 5.82 Å². The number of nitrogens with zero attached hydrogens (tertiary/aromatic N) is 2. The van der Waals surface area contributed by atoms with Gasteiger partial charge in [-0.1, -0.05) is 41.9 Å². The molecule has 1 aliphatic heterocycles. The van der Waals surface area contributed by atoms with E-state index < -0.39 is 5.82 Å². The summed E-state index contributed by atoms with van der Waals surface area (Å²) in [6.45, 7) is 0.670. The second-order valence-corrected chi connectivity index (χ2v) is 6.61. The van der Waals surface area contributed by atoms with Crippen molar-refractivity contribution < 1.29 is 18.3 Å². The van der Waals surface area contributed by atoms with E-state index in [1.807, 2.05) is 30.3 Å². The smallest absolute Gasteiger partial charge is 0.276 e. The maximum atomic E-state index is 13.1. The molecule has 0 N–H and O–H groups in total. The zero-order valence-electron chi connectivity index (χ0n) is 14.3. The van der Waals surface area contributed by atoms with Gasteiger partial charge in [-0.3, -0.25) is 4.79 Å². The molecule has 0 saturated carbocycles. The molecular weight excluding hydrogens is 371 g/mol. The number of rotatable bonds is 5. The molecule has 4 rings (SSSR count). The molecule has 1 aromatic heterocycles. The summed E-state index contributed by atoms with van der Waals surface area (Å²) in [7, 11) is 0. The molecule has 0 spiro atoms. The standard InChI is InChI=1S/C20H16ClFN2O3/c21-15-10-14(22)6-7-18(15)26-12-19-23-16(11-27-19)20(25)24-9-8-17(24)13-4-2-1-3-5-13/h1-7,10-11,17H,8-9,12H2/t17-/m1/s1. The molecule has 0 radical (unpaired) electrons. The molecule has 0 aliphatic carbocycles. The fourth-order valence-electron chi connectivity index (χ4n) is 3.01. The summed E-state index contributed by atoms with van der Waals surface area (Å²) < 4.78 is 23.9. The highest BCUT2D eigenvalue weighted by Gasteiger charge is 2.35. The van der Waals surface area contributed by atoms with E-state index in [-0.39, 0.29) is 35.2 Å². The van der Waals surface area contributed by atoms with E-state index in [1.165, 1.54) is 18.4 Å². The first kappa shape index (κ1) is 17.5. The maximum absolute atomic E-state index is 13.1. The predicted octanol–water partition coefficient (Wildman–Crippen LogP) is 4.63. The molecule has 1 fully saturated rings. The summed E-state index contributed by atoms with van der Waals surface area (Å²) in [6, 6.07) is 13.8. The first-order valence-corrected chi connectivity index (χ1v) is 8.88. The molecule has 5 nitrogen and oxygen atoms in total. The summed E-state index contributed by atoms with van der Waals surface area (Å²) in [4.78, 5) is 18.7. The van der Waals surface area contributed by atoms with E-state index in [2.05, 4.69) is 4.98 Å². The molecule has 7 heteroatoms. The molecule has 3 aromatic rings. The molecule has 138 valence electrons. The quantitative estimate of drug-likeness (QED) is 0.641. The number of oxazole rings is 1. The highest BCUT2D eigenvalue weighted by atomic mass is 35.5. The number of aromatic nitrogens is 1. The van der Waals surface area contributed by atoms with Crippen molar-refractivity contribution in [2.45, 2.75) is 19.1 Å². The first-order chi connectivity index (χ1) is 13.1. The monoisotopic (exact) mass is 386 g/mol. The van der Waals surface area contributed by atoms with Crippen LogP contribution in [0.4, 0.5) is 4.39 Å². The van der Waals surface area contributed by atoms with E-state index in [0.29, 0.717) is 12.3 Å². The topological polar surface area (TPSA) is 55.6 Å². The Kier molecular flexibility index (Phi) is 4.81. The normalized spacial score (nSPS) is 16.1.